The number of halogens is 1. The molecule has 0 saturated heterocycles. The number of hydrogen-bond acceptors (Lipinski definition) is 6. The van der Waals surface area contributed by atoms with Gasteiger partial charge in [-0.25, -0.2) is 9.59 Å². The van der Waals surface area contributed by atoms with Gasteiger partial charge in [0.05, 0.1) is 5.97 Å². The van der Waals surface area contributed by atoms with Crippen molar-refractivity contribution in [2.75, 3.05) is 6.61 Å². The number of fused-ring (bicyclic) bond motifs is 1. The largest absolute Gasteiger partial charge is 0.546 e. The summed E-state index contributed by atoms with van der Waals surface area (Å²) in [4.78, 5) is 33.2. The van der Waals surface area contributed by atoms with E-state index in [0.717, 1.165) is 0 Å². The maximum atomic E-state index is 11.5. The van der Waals surface area contributed by atoms with Gasteiger partial charge in [0.25, 0.3) is 0 Å². The van der Waals surface area contributed by atoms with Crippen molar-refractivity contribution in [3.05, 3.63) is 45.3 Å². The molecule has 0 spiro atoms. The molecule has 7 heteroatoms. The van der Waals surface area contributed by atoms with Crippen molar-refractivity contribution >= 4 is 34.5 Å². The zero-order valence-corrected chi connectivity index (χ0v) is 10.1. The van der Waals surface area contributed by atoms with Crippen LogP contribution in [-0.2, 0) is 9.53 Å². The first-order chi connectivity index (χ1) is 8.97. The summed E-state index contributed by atoms with van der Waals surface area (Å²) in [5.41, 5.74) is -1.07. The molecule has 0 aliphatic heterocycles. The predicted molar refractivity (Wildman–Crippen MR) is 62.8 cm³/mol. The number of benzene rings is 1. The van der Waals surface area contributed by atoms with E-state index in [9.17, 15) is 19.5 Å². The molecule has 0 unspecified atom stereocenters. The Bertz CT molecular complexity index is 718. The maximum absolute atomic E-state index is 11.5. The van der Waals surface area contributed by atoms with Crippen molar-refractivity contribution < 1.29 is 23.8 Å². The first-order valence-electron chi connectivity index (χ1n) is 5.08. The predicted octanol–water partition coefficient (Wildman–Crippen LogP) is 0.353. The smallest absolute Gasteiger partial charge is 0.351 e. The molecule has 0 bridgehead atoms. The number of aliphatic carboxylic acids is 1. The van der Waals surface area contributed by atoms with Crippen molar-refractivity contribution in [2.45, 2.75) is 0 Å². The van der Waals surface area contributed by atoms with Crippen LogP contribution >= 0.6 is 11.6 Å². The second kappa shape index (κ2) is 5.11. The molecule has 0 saturated carbocycles. The monoisotopic (exact) mass is 281 g/mol. The Hall–Kier alpha value is -2.34. The molecule has 1 heterocycles. The highest BCUT2D eigenvalue weighted by atomic mass is 35.5. The second-order valence-corrected chi connectivity index (χ2v) is 4.01. The maximum Gasteiger partial charge on any atom is 0.351 e. The van der Waals surface area contributed by atoms with Crippen LogP contribution in [0.3, 0.4) is 0 Å². The Morgan fingerprint density at radius 3 is 2.74 bits per heavy atom. The lowest BCUT2D eigenvalue weighted by atomic mass is 10.2. The summed E-state index contributed by atoms with van der Waals surface area (Å²) in [7, 11) is 0. The topological polar surface area (TPSA) is 96.6 Å². The molecule has 2 rings (SSSR count). The van der Waals surface area contributed by atoms with Crippen LogP contribution in [-0.4, -0.2) is 18.5 Å². The SMILES string of the molecule is O=C([O-])COC(=O)c1cc2cc(Cl)ccc2oc1=O. The van der Waals surface area contributed by atoms with Crippen LogP contribution in [0.1, 0.15) is 10.4 Å². The zero-order chi connectivity index (χ0) is 14.0. The van der Waals surface area contributed by atoms with E-state index in [1.807, 2.05) is 0 Å². The fraction of sp³-hybridized carbons (Fsp3) is 0.0833. The van der Waals surface area contributed by atoms with Crippen LogP contribution in [0.2, 0.25) is 5.02 Å². The molecule has 6 nitrogen and oxygen atoms in total. The Labute approximate surface area is 111 Å². The molecule has 98 valence electrons. The number of rotatable bonds is 3. The lowest BCUT2D eigenvalue weighted by Gasteiger charge is -2.05. The van der Waals surface area contributed by atoms with Gasteiger partial charge in [-0.2, -0.15) is 0 Å². The summed E-state index contributed by atoms with van der Waals surface area (Å²) < 4.78 is 9.25. The molecule has 1 aromatic carbocycles. The molecule has 0 aliphatic rings. The fourth-order valence-corrected chi connectivity index (χ4v) is 1.62. The van der Waals surface area contributed by atoms with Crippen LogP contribution < -0.4 is 10.7 Å². The number of carbonyl (C=O) groups excluding carboxylic acids is 2. The van der Waals surface area contributed by atoms with Gasteiger partial charge in [0.2, 0.25) is 0 Å². The molecule has 0 atom stereocenters. The van der Waals surface area contributed by atoms with Crippen LogP contribution in [0, 0.1) is 0 Å². The Balaban J connectivity index is 2.43. The summed E-state index contributed by atoms with van der Waals surface area (Å²) >= 11 is 5.77. The highest BCUT2D eigenvalue weighted by Crippen LogP contribution is 2.19. The minimum absolute atomic E-state index is 0.255. The molecule has 19 heavy (non-hydrogen) atoms. The summed E-state index contributed by atoms with van der Waals surface area (Å²) in [6.45, 7) is -0.939. The first kappa shape index (κ1) is 13.1. The third-order valence-corrected chi connectivity index (χ3v) is 2.47. The van der Waals surface area contributed by atoms with Gasteiger partial charge in [0, 0.05) is 10.4 Å². The van der Waals surface area contributed by atoms with E-state index in [1.165, 1.54) is 24.3 Å². The number of carbonyl (C=O) groups is 2. The van der Waals surface area contributed by atoms with E-state index in [0.29, 0.717) is 10.4 Å². The minimum Gasteiger partial charge on any atom is -0.546 e. The van der Waals surface area contributed by atoms with Gasteiger partial charge in [-0.15, -0.1) is 0 Å². The molecule has 1 aromatic heterocycles. The van der Waals surface area contributed by atoms with Crippen LogP contribution in [0.15, 0.2) is 33.5 Å². The standard InChI is InChI=1S/C12H7ClO6/c13-7-1-2-9-6(3-7)4-8(12(17)19-9)11(16)18-5-10(14)15/h1-4H,5H2,(H,14,15)/p-1. The average Bonchev–Trinajstić information content (AvgIpc) is 2.35. The van der Waals surface area contributed by atoms with Crippen molar-refractivity contribution in [1.82, 2.24) is 0 Å². The average molecular weight is 282 g/mol. The molecular weight excluding hydrogens is 276 g/mol. The number of hydrogen-bond donors (Lipinski definition) is 0. The van der Waals surface area contributed by atoms with E-state index in [2.05, 4.69) is 4.74 Å². The number of carboxylic acid groups (broad SMARTS) is 1. The van der Waals surface area contributed by atoms with Gasteiger partial charge >= 0.3 is 11.6 Å². The third-order valence-electron chi connectivity index (χ3n) is 2.24. The van der Waals surface area contributed by atoms with Gasteiger partial charge in [-0.05, 0) is 24.3 Å². The summed E-state index contributed by atoms with van der Waals surface area (Å²) in [6.07, 6.45) is 0. The quantitative estimate of drug-likeness (QED) is 0.595. The Kier molecular flexibility index (Phi) is 3.52. The Morgan fingerprint density at radius 1 is 1.32 bits per heavy atom. The molecule has 0 radical (unpaired) electrons. The molecule has 0 aliphatic carbocycles. The molecule has 0 fully saturated rings. The van der Waals surface area contributed by atoms with Crippen LogP contribution in [0.5, 0.6) is 0 Å². The van der Waals surface area contributed by atoms with Gasteiger partial charge < -0.3 is 19.1 Å². The van der Waals surface area contributed by atoms with Gasteiger partial charge in [0.1, 0.15) is 17.8 Å². The van der Waals surface area contributed by atoms with Crippen LogP contribution in [0.4, 0.5) is 0 Å². The highest BCUT2D eigenvalue weighted by Gasteiger charge is 2.15. The van der Waals surface area contributed by atoms with Crippen molar-refractivity contribution in [1.29, 1.82) is 0 Å². The summed E-state index contributed by atoms with van der Waals surface area (Å²) in [5, 5.41) is 11.0. The lowest BCUT2D eigenvalue weighted by Crippen LogP contribution is -2.29. The Morgan fingerprint density at radius 2 is 2.05 bits per heavy atom. The van der Waals surface area contributed by atoms with E-state index >= 15 is 0 Å². The van der Waals surface area contributed by atoms with Crippen LogP contribution in [0.25, 0.3) is 11.0 Å². The van der Waals surface area contributed by atoms with Gasteiger partial charge in [-0.1, -0.05) is 11.6 Å². The fourth-order valence-electron chi connectivity index (χ4n) is 1.44. The van der Waals surface area contributed by atoms with Gasteiger partial charge in [-0.3, -0.25) is 0 Å². The van der Waals surface area contributed by atoms with E-state index in [4.69, 9.17) is 16.0 Å². The lowest BCUT2D eigenvalue weighted by molar-refractivity contribution is -0.308. The van der Waals surface area contributed by atoms with Gasteiger partial charge in [0.15, 0.2) is 0 Å². The number of ether oxygens (including phenoxy) is 1. The van der Waals surface area contributed by atoms with Crippen molar-refractivity contribution in [2.24, 2.45) is 0 Å². The van der Waals surface area contributed by atoms with E-state index in [-0.39, 0.29) is 5.58 Å². The normalized spacial score (nSPS) is 10.4. The highest BCUT2D eigenvalue weighted by molar-refractivity contribution is 6.31. The van der Waals surface area contributed by atoms with Crippen molar-refractivity contribution in [3.8, 4) is 0 Å². The van der Waals surface area contributed by atoms with Crippen molar-refractivity contribution in [3.63, 3.8) is 0 Å². The third kappa shape index (κ3) is 2.92. The second-order valence-electron chi connectivity index (χ2n) is 3.58. The number of esters is 1. The summed E-state index contributed by atoms with van der Waals surface area (Å²) in [6, 6.07) is 5.73. The van der Waals surface area contributed by atoms with E-state index in [1.54, 1.807) is 0 Å². The minimum atomic E-state index is -1.57. The molecule has 0 amide bonds. The zero-order valence-electron chi connectivity index (χ0n) is 9.34. The molecular formula is C12H6ClO6-. The molecule has 2 aromatic rings. The van der Waals surface area contributed by atoms with E-state index < -0.39 is 29.7 Å². The molecule has 0 N–H and O–H groups in total. The first-order valence-corrected chi connectivity index (χ1v) is 5.45. The summed E-state index contributed by atoms with van der Waals surface area (Å²) in [5.74, 6) is -2.67. The number of carboxylic acids is 1.